The third kappa shape index (κ3) is 4.69. The first-order chi connectivity index (χ1) is 12.2. The standard InChI is InChI=1S/C21H23NO3/c23-20(22-14-6-1-2-7-15-22)16-25-21(24)19-12-10-18(11-13-19)17-8-4-3-5-9-17/h3-5,8-13H,1-2,6-7,14-16H2. The van der Waals surface area contributed by atoms with Gasteiger partial charge in [-0.3, -0.25) is 4.79 Å². The summed E-state index contributed by atoms with van der Waals surface area (Å²) in [6, 6.07) is 17.2. The molecule has 1 aliphatic rings. The van der Waals surface area contributed by atoms with Crippen LogP contribution >= 0.6 is 0 Å². The van der Waals surface area contributed by atoms with E-state index in [-0.39, 0.29) is 12.5 Å². The van der Waals surface area contributed by atoms with E-state index in [1.807, 2.05) is 42.5 Å². The first-order valence-electron chi connectivity index (χ1n) is 8.84. The van der Waals surface area contributed by atoms with Gasteiger partial charge in [-0.25, -0.2) is 4.79 Å². The Hall–Kier alpha value is -2.62. The minimum Gasteiger partial charge on any atom is -0.452 e. The van der Waals surface area contributed by atoms with E-state index in [9.17, 15) is 9.59 Å². The Bertz CT molecular complexity index is 702. The van der Waals surface area contributed by atoms with Gasteiger partial charge in [0.05, 0.1) is 5.56 Å². The molecule has 25 heavy (non-hydrogen) atoms. The van der Waals surface area contributed by atoms with Crippen molar-refractivity contribution in [1.82, 2.24) is 4.90 Å². The fraction of sp³-hybridized carbons (Fsp3) is 0.333. The van der Waals surface area contributed by atoms with Crippen LogP contribution in [0.3, 0.4) is 0 Å². The Labute approximate surface area is 148 Å². The number of hydrogen-bond donors (Lipinski definition) is 0. The van der Waals surface area contributed by atoms with Crippen LogP contribution in [0, 0.1) is 0 Å². The van der Waals surface area contributed by atoms with Gasteiger partial charge in [0, 0.05) is 13.1 Å². The molecule has 2 aromatic rings. The number of rotatable bonds is 4. The molecule has 3 rings (SSSR count). The van der Waals surface area contributed by atoms with E-state index in [1.54, 1.807) is 17.0 Å². The molecule has 130 valence electrons. The number of likely N-dealkylation sites (tertiary alicyclic amines) is 1. The maximum Gasteiger partial charge on any atom is 0.338 e. The molecule has 0 bridgehead atoms. The molecule has 4 nitrogen and oxygen atoms in total. The molecule has 0 N–H and O–H groups in total. The second-order valence-electron chi connectivity index (χ2n) is 6.31. The molecule has 0 aliphatic carbocycles. The van der Waals surface area contributed by atoms with Gasteiger partial charge in [0.25, 0.3) is 5.91 Å². The third-order valence-corrected chi connectivity index (χ3v) is 4.51. The summed E-state index contributed by atoms with van der Waals surface area (Å²) in [6.45, 7) is 1.35. The molecular weight excluding hydrogens is 314 g/mol. The predicted molar refractivity (Wildman–Crippen MR) is 97.2 cm³/mol. The van der Waals surface area contributed by atoms with Gasteiger partial charge in [-0.15, -0.1) is 0 Å². The Kier molecular flexibility index (Phi) is 5.83. The van der Waals surface area contributed by atoms with Crippen molar-refractivity contribution in [2.75, 3.05) is 19.7 Å². The monoisotopic (exact) mass is 337 g/mol. The van der Waals surface area contributed by atoms with Gasteiger partial charge < -0.3 is 9.64 Å². The Balaban J connectivity index is 1.55. The predicted octanol–water partition coefficient (Wildman–Crippen LogP) is 3.91. The summed E-state index contributed by atoms with van der Waals surface area (Å²) < 4.78 is 5.20. The average molecular weight is 337 g/mol. The lowest BCUT2D eigenvalue weighted by atomic mass is 10.0. The van der Waals surface area contributed by atoms with Gasteiger partial charge in [-0.1, -0.05) is 55.3 Å². The first kappa shape index (κ1) is 17.2. The summed E-state index contributed by atoms with van der Waals surface area (Å²) in [7, 11) is 0. The van der Waals surface area contributed by atoms with Crippen molar-refractivity contribution < 1.29 is 14.3 Å². The number of ether oxygens (including phenoxy) is 1. The van der Waals surface area contributed by atoms with Gasteiger partial charge in [0.15, 0.2) is 6.61 Å². The number of nitrogens with zero attached hydrogens (tertiary/aromatic N) is 1. The van der Waals surface area contributed by atoms with E-state index in [0.717, 1.165) is 49.9 Å². The molecule has 0 radical (unpaired) electrons. The number of hydrogen-bond acceptors (Lipinski definition) is 3. The summed E-state index contributed by atoms with van der Waals surface area (Å²) >= 11 is 0. The van der Waals surface area contributed by atoms with Crippen LogP contribution in [-0.2, 0) is 9.53 Å². The highest BCUT2D eigenvalue weighted by Gasteiger charge is 2.17. The van der Waals surface area contributed by atoms with Crippen LogP contribution in [0.2, 0.25) is 0 Å². The van der Waals surface area contributed by atoms with Crippen molar-refractivity contribution in [2.45, 2.75) is 25.7 Å². The Morgan fingerprint density at radius 2 is 1.40 bits per heavy atom. The molecule has 0 spiro atoms. The highest BCUT2D eigenvalue weighted by Crippen LogP contribution is 2.19. The minimum absolute atomic E-state index is 0.101. The zero-order chi connectivity index (χ0) is 17.5. The molecule has 4 heteroatoms. The summed E-state index contributed by atoms with van der Waals surface area (Å²) in [5, 5.41) is 0. The van der Waals surface area contributed by atoms with E-state index < -0.39 is 5.97 Å². The van der Waals surface area contributed by atoms with Gasteiger partial charge in [0.1, 0.15) is 0 Å². The molecule has 0 unspecified atom stereocenters. The largest absolute Gasteiger partial charge is 0.452 e. The van der Waals surface area contributed by atoms with E-state index in [2.05, 4.69) is 0 Å². The summed E-state index contributed by atoms with van der Waals surface area (Å²) in [4.78, 5) is 26.1. The second-order valence-corrected chi connectivity index (χ2v) is 6.31. The average Bonchev–Trinajstić information content (AvgIpc) is 2.96. The number of esters is 1. The number of carbonyl (C=O) groups excluding carboxylic acids is 2. The van der Waals surface area contributed by atoms with Crippen LogP contribution in [0.1, 0.15) is 36.0 Å². The van der Waals surface area contributed by atoms with Crippen LogP contribution < -0.4 is 0 Å². The molecule has 1 amide bonds. The highest BCUT2D eigenvalue weighted by atomic mass is 16.5. The fourth-order valence-electron chi connectivity index (χ4n) is 3.05. The van der Waals surface area contributed by atoms with Gasteiger partial charge in [0.2, 0.25) is 0 Å². The van der Waals surface area contributed by atoms with Crippen molar-refractivity contribution in [3.8, 4) is 11.1 Å². The lowest BCUT2D eigenvalue weighted by molar-refractivity contribution is -0.134. The van der Waals surface area contributed by atoms with Crippen LogP contribution in [0.15, 0.2) is 54.6 Å². The third-order valence-electron chi connectivity index (χ3n) is 4.51. The van der Waals surface area contributed by atoms with E-state index in [4.69, 9.17) is 4.74 Å². The van der Waals surface area contributed by atoms with Gasteiger partial charge >= 0.3 is 5.97 Å². The SMILES string of the molecule is O=C(OCC(=O)N1CCCCCC1)c1ccc(-c2ccccc2)cc1. The molecule has 0 atom stereocenters. The van der Waals surface area contributed by atoms with Crippen molar-refractivity contribution in [2.24, 2.45) is 0 Å². The summed E-state index contributed by atoms with van der Waals surface area (Å²) in [6.07, 6.45) is 4.38. The molecule has 0 aromatic heterocycles. The first-order valence-corrected chi connectivity index (χ1v) is 8.84. The van der Waals surface area contributed by atoms with E-state index in [0.29, 0.717) is 5.56 Å². The Morgan fingerprint density at radius 1 is 0.800 bits per heavy atom. The van der Waals surface area contributed by atoms with Crippen molar-refractivity contribution in [3.63, 3.8) is 0 Å². The van der Waals surface area contributed by atoms with Crippen LogP contribution in [0.5, 0.6) is 0 Å². The van der Waals surface area contributed by atoms with E-state index >= 15 is 0 Å². The van der Waals surface area contributed by atoms with Crippen molar-refractivity contribution >= 4 is 11.9 Å². The molecule has 1 heterocycles. The molecule has 2 aromatic carbocycles. The Morgan fingerprint density at radius 3 is 2.04 bits per heavy atom. The summed E-state index contributed by atoms with van der Waals surface area (Å²) in [5.74, 6) is -0.557. The van der Waals surface area contributed by atoms with Crippen molar-refractivity contribution in [3.05, 3.63) is 60.2 Å². The molecule has 1 fully saturated rings. The maximum atomic E-state index is 12.2. The smallest absolute Gasteiger partial charge is 0.338 e. The maximum absolute atomic E-state index is 12.2. The lowest BCUT2D eigenvalue weighted by Gasteiger charge is -2.19. The quantitative estimate of drug-likeness (QED) is 0.795. The topological polar surface area (TPSA) is 46.6 Å². The minimum atomic E-state index is -0.456. The second kappa shape index (κ2) is 8.47. The molecule has 0 saturated carbocycles. The number of benzene rings is 2. The lowest BCUT2D eigenvalue weighted by Crippen LogP contribution is -2.35. The van der Waals surface area contributed by atoms with Crippen LogP contribution in [0.25, 0.3) is 11.1 Å². The zero-order valence-electron chi connectivity index (χ0n) is 14.3. The zero-order valence-corrected chi connectivity index (χ0v) is 14.3. The molecule has 1 saturated heterocycles. The molecule has 1 aliphatic heterocycles. The van der Waals surface area contributed by atoms with E-state index in [1.165, 1.54) is 0 Å². The van der Waals surface area contributed by atoms with Crippen LogP contribution in [-0.4, -0.2) is 36.5 Å². The number of carbonyl (C=O) groups is 2. The highest BCUT2D eigenvalue weighted by molar-refractivity contribution is 5.91. The van der Waals surface area contributed by atoms with Crippen molar-refractivity contribution in [1.29, 1.82) is 0 Å². The van der Waals surface area contributed by atoms with Crippen LogP contribution in [0.4, 0.5) is 0 Å². The number of amides is 1. The van der Waals surface area contributed by atoms with Gasteiger partial charge in [-0.05, 0) is 36.1 Å². The summed E-state index contributed by atoms with van der Waals surface area (Å²) in [5.41, 5.74) is 2.60. The molecular formula is C21H23NO3. The van der Waals surface area contributed by atoms with Gasteiger partial charge in [-0.2, -0.15) is 0 Å². The fourth-order valence-corrected chi connectivity index (χ4v) is 3.05. The normalized spacial score (nSPS) is 14.6.